The predicted molar refractivity (Wildman–Crippen MR) is 74.4 cm³/mol. The van der Waals surface area contributed by atoms with Gasteiger partial charge in [0.15, 0.2) is 0 Å². The summed E-state index contributed by atoms with van der Waals surface area (Å²) in [4.78, 5) is 2.45. The number of nitrogens with two attached hydrogens (primary N) is 1. The van der Waals surface area contributed by atoms with E-state index in [1.165, 1.54) is 10.4 Å². The zero-order valence-electron chi connectivity index (χ0n) is 10.8. The van der Waals surface area contributed by atoms with Crippen LogP contribution in [-0.4, -0.2) is 13.7 Å². The Bertz CT molecular complexity index is 318. The number of thiophene rings is 1. The summed E-state index contributed by atoms with van der Waals surface area (Å²) in [6, 6.07) is 0. The molecule has 92 valence electrons. The predicted octanol–water partition coefficient (Wildman–Crippen LogP) is 3.49. The van der Waals surface area contributed by atoms with Crippen LogP contribution in [0.2, 0.25) is 0 Å². The lowest BCUT2D eigenvalue weighted by atomic mass is 10.1. The Morgan fingerprint density at radius 3 is 2.44 bits per heavy atom. The molecule has 1 rings (SSSR count). The van der Waals surface area contributed by atoms with Gasteiger partial charge in [-0.05, 0) is 25.5 Å². The summed E-state index contributed by atoms with van der Waals surface area (Å²) in [6.07, 6.45) is 3.77. The molecular weight excluding hydrogens is 218 g/mol. The number of hydrogen-bond donors (Lipinski definition) is 1. The van der Waals surface area contributed by atoms with Crippen molar-refractivity contribution < 1.29 is 4.74 Å². The van der Waals surface area contributed by atoms with Gasteiger partial charge in [-0.1, -0.05) is 27.4 Å². The summed E-state index contributed by atoms with van der Waals surface area (Å²) in [5, 5.41) is 0. The quantitative estimate of drug-likeness (QED) is 0.856. The number of methoxy groups -OCH3 is 1. The molecule has 0 aromatic carbocycles. The number of ether oxygens (including phenoxy) is 1. The summed E-state index contributed by atoms with van der Waals surface area (Å²) in [5.74, 6) is 0.982. The number of hydrogen-bond acceptors (Lipinski definition) is 3. The smallest absolute Gasteiger partial charge is 0.140 e. The van der Waals surface area contributed by atoms with Gasteiger partial charge in [0.05, 0.1) is 12.0 Å². The Kier molecular flexibility index (Phi) is 7.95. The maximum Gasteiger partial charge on any atom is 0.140 e. The Balaban J connectivity index is 0.00000106. The fraction of sp³-hybridized carbons (Fsp3) is 0.538. The van der Waals surface area contributed by atoms with E-state index in [9.17, 15) is 0 Å². The fourth-order valence-corrected chi connectivity index (χ4v) is 2.79. The van der Waals surface area contributed by atoms with Gasteiger partial charge in [0.2, 0.25) is 0 Å². The third-order valence-electron chi connectivity index (χ3n) is 2.18. The van der Waals surface area contributed by atoms with E-state index in [1.54, 1.807) is 18.4 Å². The lowest BCUT2D eigenvalue weighted by Crippen LogP contribution is -2.03. The third-order valence-corrected chi connectivity index (χ3v) is 3.45. The maximum absolute atomic E-state index is 5.57. The minimum absolute atomic E-state index is 0.688. The van der Waals surface area contributed by atoms with Gasteiger partial charge in [0.1, 0.15) is 5.75 Å². The Morgan fingerprint density at radius 2 is 2.06 bits per heavy atom. The van der Waals surface area contributed by atoms with Crippen LogP contribution in [0, 0.1) is 0 Å². The van der Waals surface area contributed by atoms with E-state index < -0.39 is 0 Å². The Morgan fingerprint density at radius 1 is 1.44 bits per heavy atom. The standard InChI is InChI=1S/C11H17NOS.C2H6/c1-4-8-10(6-7-12)14-9(5-2)11(8)13-3;1-2/h5H,2,4,6-7,12H2,1,3H3;1-2H3. The van der Waals surface area contributed by atoms with Gasteiger partial charge in [0.25, 0.3) is 0 Å². The summed E-state index contributed by atoms with van der Waals surface area (Å²) < 4.78 is 5.38. The van der Waals surface area contributed by atoms with Gasteiger partial charge in [-0.25, -0.2) is 0 Å². The van der Waals surface area contributed by atoms with E-state index in [0.29, 0.717) is 6.54 Å². The van der Waals surface area contributed by atoms with Crippen LogP contribution in [0.25, 0.3) is 6.08 Å². The molecule has 0 amide bonds. The van der Waals surface area contributed by atoms with Gasteiger partial charge in [-0.15, -0.1) is 11.3 Å². The molecule has 1 aromatic rings. The number of rotatable bonds is 5. The first-order valence-electron chi connectivity index (χ1n) is 5.79. The molecule has 0 aliphatic heterocycles. The van der Waals surface area contributed by atoms with Crippen molar-refractivity contribution in [1.82, 2.24) is 0 Å². The monoisotopic (exact) mass is 241 g/mol. The lowest BCUT2D eigenvalue weighted by molar-refractivity contribution is 0.411. The molecule has 0 saturated heterocycles. The van der Waals surface area contributed by atoms with Crippen molar-refractivity contribution in [3.8, 4) is 5.75 Å². The van der Waals surface area contributed by atoms with E-state index in [4.69, 9.17) is 10.5 Å². The molecule has 0 unspecified atom stereocenters. The van der Waals surface area contributed by atoms with Crippen LogP contribution >= 0.6 is 11.3 Å². The zero-order valence-corrected chi connectivity index (χ0v) is 11.6. The highest BCUT2D eigenvalue weighted by atomic mass is 32.1. The second kappa shape index (κ2) is 8.36. The molecule has 0 radical (unpaired) electrons. The molecule has 0 fully saturated rings. The average Bonchev–Trinajstić information content (AvgIpc) is 2.69. The molecule has 2 nitrogen and oxygen atoms in total. The van der Waals surface area contributed by atoms with Crippen molar-refractivity contribution >= 4 is 17.4 Å². The fourth-order valence-electron chi connectivity index (χ4n) is 1.56. The Labute approximate surface area is 103 Å². The van der Waals surface area contributed by atoms with Crippen molar-refractivity contribution in [2.75, 3.05) is 13.7 Å². The van der Waals surface area contributed by atoms with E-state index in [0.717, 1.165) is 23.5 Å². The first-order valence-corrected chi connectivity index (χ1v) is 6.61. The van der Waals surface area contributed by atoms with Crippen LogP contribution in [0.15, 0.2) is 6.58 Å². The first kappa shape index (κ1) is 15.2. The highest BCUT2D eigenvalue weighted by Crippen LogP contribution is 2.36. The second-order valence-electron chi connectivity index (χ2n) is 3.00. The lowest BCUT2D eigenvalue weighted by Gasteiger charge is -2.03. The van der Waals surface area contributed by atoms with Crippen LogP contribution in [0.5, 0.6) is 5.75 Å². The van der Waals surface area contributed by atoms with Crippen LogP contribution in [0.3, 0.4) is 0 Å². The highest BCUT2D eigenvalue weighted by molar-refractivity contribution is 7.13. The van der Waals surface area contributed by atoms with Gasteiger partial charge >= 0.3 is 0 Å². The van der Waals surface area contributed by atoms with Crippen LogP contribution in [0.1, 0.15) is 36.1 Å². The first-order chi connectivity index (χ1) is 7.78. The van der Waals surface area contributed by atoms with Crippen LogP contribution in [-0.2, 0) is 12.8 Å². The summed E-state index contributed by atoms with van der Waals surface area (Å²) in [7, 11) is 1.71. The Hall–Kier alpha value is -0.800. The summed E-state index contributed by atoms with van der Waals surface area (Å²) in [6.45, 7) is 10.6. The second-order valence-corrected chi connectivity index (χ2v) is 4.13. The zero-order chi connectivity index (χ0) is 12.6. The molecule has 0 spiro atoms. The topological polar surface area (TPSA) is 35.2 Å². The third kappa shape index (κ3) is 3.35. The SMILES string of the molecule is C=Cc1sc(CCN)c(CC)c1OC.CC. The summed E-state index contributed by atoms with van der Waals surface area (Å²) in [5.41, 5.74) is 6.86. The molecule has 3 heteroatoms. The molecule has 0 aliphatic rings. The van der Waals surface area contributed by atoms with Crippen LogP contribution < -0.4 is 10.5 Å². The minimum atomic E-state index is 0.688. The maximum atomic E-state index is 5.57. The molecule has 1 aromatic heterocycles. The van der Waals surface area contributed by atoms with Crippen molar-refractivity contribution in [2.45, 2.75) is 33.6 Å². The van der Waals surface area contributed by atoms with E-state index in [1.807, 2.05) is 19.9 Å². The van der Waals surface area contributed by atoms with Gasteiger partial charge in [-0.3, -0.25) is 0 Å². The normalized spacial score (nSPS) is 9.31. The minimum Gasteiger partial charge on any atom is -0.495 e. The average molecular weight is 241 g/mol. The van der Waals surface area contributed by atoms with Crippen molar-refractivity contribution in [1.29, 1.82) is 0 Å². The van der Waals surface area contributed by atoms with Gasteiger partial charge in [-0.2, -0.15) is 0 Å². The molecule has 1 heterocycles. The molecule has 2 N–H and O–H groups in total. The molecule has 0 atom stereocenters. The molecule has 0 saturated carbocycles. The molecule has 0 aliphatic carbocycles. The molecule has 0 bridgehead atoms. The van der Waals surface area contributed by atoms with E-state index in [2.05, 4.69) is 13.5 Å². The van der Waals surface area contributed by atoms with E-state index in [-0.39, 0.29) is 0 Å². The van der Waals surface area contributed by atoms with Crippen molar-refractivity contribution in [3.63, 3.8) is 0 Å². The van der Waals surface area contributed by atoms with Crippen LogP contribution in [0.4, 0.5) is 0 Å². The molecule has 16 heavy (non-hydrogen) atoms. The van der Waals surface area contributed by atoms with Gasteiger partial charge in [0, 0.05) is 10.4 Å². The van der Waals surface area contributed by atoms with E-state index >= 15 is 0 Å². The largest absolute Gasteiger partial charge is 0.495 e. The summed E-state index contributed by atoms with van der Waals surface area (Å²) >= 11 is 1.74. The van der Waals surface area contributed by atoms with Crippen molar-refractivity contribution in [2.24, 2.45) is 5.73 Å². The van der Waals surface area contributed by atoms with Crippen molar-refractivity contribution in [3.05, 3.63) is 21.9 Å². The highest BCUT2D eigenvalue weighted by Gasteiger charge is 2.14. The van der Waals surface area contributed by atoms with Gasteiger partial charge < -0.3 is 10.5 Å². The molecular formula is C13H23NOS.